The van der Waals surface area contributed by atoms with E-state index in [1.807, 2.05) is 28.7 Å². The number of benzene rings is 1. The number of pyridine rings is 2. The number of carbonyl (C=O) groups excluding carboxylic acids is 1. The molecule has 0 saturated carbocycles. The minimum absolute atomic E-state index is 0.189. The van der Waals surface area contributed by atoms with Crippen molar-refractivity contribution in [1.29, 1.82) is 0 Å². The summed E-state index contributed by atoms with van der Waals surface area (Å²) < 4.78 is 8.28. The summed E-state index contributed by atoms with van der Waals surface area (Å²) >= 11 is 1.44. The third-order valence-electron chi connectivity index (χ3n) is 5.24. The number of aromatic nitrogens is 2. The van der Waals surface area contributed by atoms with E-state index in [1.54, 1.807) is 18.3 Å². The minimum atomic E-state index is -0.335. The summed E-state index contributed by atoms with van der Waals surface area (Å²) in [7, 11) is 0. The van der Waals surface area contributed by atoms with Gasteiger partial charge in [0.15, 0.2) is 0 Å². The number of thiazole rings is 1. The van der Waals surface area contributed by atoms with Crippen molar-refractivity contribution in [1.82, 2.24) is 19.6 Å². The fourth-order valence-corrected chi connectivity index (χ4v) is 4.97. The van der Waals surface area contributed by atoms with Gasteiger partial charge in [0.25, 0.3) is 5.91 Å². The highest BCUT2D eigenvalue weighted by molar-refractivity contribution is 7.24. The number of hydrogen-bond acceptors (Lipinski definition) is 6. The third kappa shape index (κ3) is 3.19. The minimum Gasteiger partial charge on any atom is -0.379 e. The summed E-state index contributed by atoms with van der Waals surface area (Å²) in [4.78, 5) is 33.6. The van der Waals surface area contributed by atoms with E-state index in [-0.39, 0.29) is 16.9 Å². The van der Waals surface area contributed by atoms with Gasteiger partial charge in [-0.3, -0.25) is 18.9 Å². The molecule has 1 N–H and O–H groups in total. The van der Waals surface area contributed by atoms with Crippen molar-refractivity contribution in [3.05, 3.63) is 58.4 Å². The summed E-state index contributed by atoms with van der Waals surface area (Å²) in [6.45, 7) is 4.38. The van der Waals surface area contributed by atoms with Crippen LogP contribution in [0.5, 0.6) is 0 Å². The van der Waals surface area contributed by atoms with Crippen molar-refractivity contribution in [3.8, 4) is 0 Å². The van der Waals surface area contributed by atoms with Gasteiger partial charge in [0.2, 0.25) is 5.43 Å². The fraction of sp³-hybridized carbons (Fsp3) is 0.286. The molecule has 0 atom stereocenters. The van der Waals surface area contributed by atoms with Crippen LogP contribution in [0.15, 0.2) is 47.4 Å². The van der Waals surface area contributed by atoms with Crippen LogP contribution < -0.4 is 10.7 Å². The molecule has 4 heterocycles. The van der Waals surface area contributed by atoms with Gasteiger partial charge in [-0.25, -0.2) is 4.98 Å². The zero-order valence-corrected chi connectivity index (χ0v) is 16.6. The van der Waals surface area contributed by atoms with Crippen LogP contribution >= 0.6 is 11.3 Å². The predicted octanol–water partition coefficient (Wildman–Crippen LogP) is 2.12. The highest BCUT2D eigenvalue weighted by atomic mass is 32.1. The first-order valence-electron chi connectivity index (χ1n) is 9.63. The van der Waals surface area contributed by atoms with Crippen LogP contribution in [0.2, 0.25) is 0 Å². The number of ether oxygens (including phenoxy) is 1. The Hall–Kier alpha value is -2.81. The van der Waals surface area contributed by atoms with E-state index in [2.05, 4.69) is 15.2 Å². The molecular formula is C21H20N4O3S. The van der Waals surface area contributed by atoms with Crippen molar-refractivity contribution < 1.29 is 9.53 Å². The average molecular weight is 408 g/mol. The van der Waals surface area contributed by atoms with Crippen LogP contribution in [0.3, 0.4) is 0 Å². The standard InChI is InChI=1S/C21H20N4O3S/c26-18-14-4-3-7-22-19(14)25-15-5-1-2-6-16(15)29-21(25)17(18)20(27)23-8-9-24-10-12-28-13-11-24/h1-7H,8-13H2,(H,23,27). The molecule has 0 bridgehead atoms. The molecule has 8 heteroatoms. The number of amides is 1. The fourth-order valence-electron chi connectivity index (χ4n) is 3.79. The molecule has 1 amide bonds. The molecule has 1 aliphatic heterocycles. The Bertz CT molecular complexity index is 1270. The molecule has 0 unspecified atom stereocenters. The molecule has 29 heavy (non-hydrogen) atoms. The van der Waals surface area contributed by atoms with Gasteiger partial charge in [0.1, 0.15) is 16.0 Å². The molecule has 3 aromatic heterocycles. The van der Waals surface area contributed by atoms with Gasteiger partial charge in [-0.2, -0.15) is 0 Å². The van der Waals surface area contributed by atoms with Crippen molar-refractivity contribution in [2.75, 3.05) is 39.4 Å². The van der Waals surface area contributed by atoms with E-state index in [4.69, 9.17) is 4.74 Å². The Labute approximate surface area is 170 Å². The van der Waals surface area contributed by atoms with E-state index in [0.29, 0.717) is 22.4 Å². The predicted molar refractivity (Wildman–Crippen MR) is 114 cm³/mol. The summed E-state index contributed by atoms with van der Waals surface area (Å²) in [5, 5.41) is 3.39. The number of para-hydroxylation sites is 1. The molecule has 148 valence electrons. The van der Waals surface area contributed by atoms with Crippen LogP contribution in [-0.2, 0) is 4.74 Å². The largest absolute Gasteiger partial charge is 0.379 e. The third-order valence-corrected chi connectivity index (χ3v) is 6.39. The SMILES string of the molecule is O=C(NCCN1CCOCC1)c1c(=O)c2cccnc2n2c1sc1ccccc12. The van der Waals surface area contributed by atoms with E-state index in [1.165, 1.54) is 11.3 Å². The molecule has 1 fully saturated rings. The zero-order valence-electron chi connectivity index (χ0n) is 15.8. The molecule has 5 rings (SSSR count). The monoisotopic (exact) mass is 408 g/mol. The second-order valence-corrected chi connectivity index (χ2v) is 8.03. The topological polar surface area (TPSA) is 75.9 Å². The highest BCUT2D eigenvalue weighted by Gasteiger charge is 2.22. The molecular weight excluding hydrogens is 388 g/mol. The summed E-state index contributed by atoms with van der Waals surface area (Å²) in [6.07, 6.45) is 1.67. The van der Waals surface area contributed by atoms with Crippen molar-refractivity contribution in [2.45, 2.75) is 0 Å². The summed E-state index contributed by atoms with van der Waals surface area (Å²) in [5.74, 6) is -0.335. The maximum absolute atomic E-state index is 13.2. The first-order valence-corrected chi connectivity index (χ1v) is 10.4. The van der Waals surface area contributed by atoms with Crippen LogP contribution in [0.25, 0.3) is 26.1 Å². The Morgan fingerprint density at radius 1 is 1.17 bits per heavy atom. The lowest BCUT2D eigenvalue weighted by Gasteiger charge is -2.26. The van der Waals surface area contributed by atoms with Gasteiger partial charge in [-0.15, -0.1) is 11.3 Å². The van der Waals surface area contributed by atoms with Crippen LogP contribution in [0.4, 0.5) is 0 Å². The Morgan fingerprint density at radius 2 is 2.00 bits per heavy atom. The van der Waals surface area contributed by atoms with Crippen molar-refractivity contribution in [2.24, 2.45) is 0 Å². The Morgan fingerprint density at radius 3 is 2.86 bits per heavy atom. The number of fused-ring (bicyclic) bond motifs is 5. The smallest absolute Gasteiger partial charge is 0.258 e. The Kier molecular flexibility index (Phi) is 4.75. The molecule has 0 radical (unpaired) electrons. The van der Waals surface area contributed by atoms with Gasteiger partial charge in [-0.05, 0) is 24.3 Å². The van der Waals surface area contributed by atoms with Crippen molar-refractivity contribution >= 4 is 43.3 Å². The molecule has 1 aliphatic rings. The van der Waals surface area contributed by atoms with Gasteiger partial charge in [0, 0.05) is 32.4 Å². The lowest BCUT2D eigenvalue weighted by Crippen LogP contribution is -2.42. The van der Waals surface area contributed by atoms with Gasteiger partial charge in [-0.1, -0.05) is 12.1 Å². The van der Waals surface area contributed by atoms with E-state index in [0.717, 1.165) is 43.1 Å². The molecule has 1 aromatic carbocycles. The molecule has 7 nitrogen and oxygen atoms in total. The number of carbonyl (C=O) groups is 1. The second-order valence-electron chi connectivity index (χ2n) is 7.00. The normalized spacial score (nSPS) is 15.3. The number of hydrogen-bond donors (Lipinski definition) is 1. The van der Waals surface area contributed by atoms with Gasteiger partial charge >= 0.3 is 0 Å². The van der Waals surface area contributed by atoms with Crippen LogP contribution in [0.1, 0.15) is 10.4 Å². The summed E-state index contributed by atoms with van der Waals surface area (Å²) in [6, 6.07) is 11.3. The second kappa shape index (κ2) is 7.55. The highest BCUT2D eigenvalue weighted by Crippen LogP contribution is 2.30. The number of nitrogens with one attached hydrogen (secondary N) is 1. The van der Waals surface area contributed by atoms with Gasteiger partial charge in [0.05, 0.1) is 28.8 Å². The van der Waals surface area contributed by atoms with Crippen molar-refractivity contribution in [3.63, 3.8) is 0 Å². The maximum Gasteiger partial charge on any atom is 0.258 e. The molecule has 1 saturated heterocycles. The van der Waals surface area contributed by atoms with E-state index in [9.17, 15) is 9.59 Å². The quantitative estimate of drug-likeness (QED) is 0.560. The van der Waals surface area contributed by atoms with E-state index >= 15 is 0 Å². The van der Waals surface area contributed by atoms with E-state index < -0.39 is 0 Å². The van der Waals surface area contributed by atoms with Crippen LogP contribution in [0, 0.1) is 0 Å². The van der Waals surface area contributed by atoms with Crippen LogP contribution in [-0.4, -0.2) is 59.6 Å². The Balaban J connectivity index is 1.57. The van der Waals surface area contributed by atoms with Gasteiger partial charge < -0.3 is 10.1 Å². The molecule has 0 aliphatic carbocycles. The average Bonchev–Trinajstić information content (AvgIpc) is 3.14. The zero-order chi connectivity index (χ0) is 19.8. The first kappa shape index (κ1) is 18.2. The summed E-state index contributed by atoms with van der Waals surface area (Å²) in [5.41, 5.74) is 1.44. The number of rotatable bonds is 4. The number of nitrogens with zero attached hydrogens (tertiary/aromatic N) is 3. The molecule has 4 aromatic rings. The lowest BCUT2D eigenvalue weighted by atomic mass is 10.1. The molecule has 0 spiro atoms. The lowest BCUT2D eigenvalue weighted by molar-refractivity contribution is 0.0383. The maximum atomic E-state index is 13.2. The number of morpholine rings is 1. The first-order chi connectivity index (χ1) is 14.2.